The highest BCUT2D eigenvalue weighted by molar-refractivity contribution is 5.85. The van der Waals surface area contributed by atoms with Gasteiger partial charge >= 0.3 is 0 Å². The van der Waals surface area contributed by atoms with Crippen molar-refractivity contribution in [3.05, 3.63) is 17.5 Å². The summed E-state index contributed by atoms with van der Waals surface area (Å²) in [7, 11) is 0. The van der Waals surface area contributed by atoms with E-state index in [9.17, 15) is 4.79 Å². The van der Waals surface area contributed by atoms with E-state index < -0.39 is 5.41 Å². The van der Waals surface area contributed by atoms with Crippen LogP contribution in [0.3, 0.4) is 0 Å². The first-order valence-corrected chi connectivity index (χ1v) is 5.98. The van der Waals surface area contributed by atoms with Gasteiger partial charge in [-0.25, -0.2) is 0 Å². The van der Waals surface area contributed by atoms with Crippen molar-refractivity contribution >= 4 is 18.3 Å². The summed E-state index contributed by atoms with van der Waals surface area (Å²) in [5.74, 6) is 0.646. The fraction of sp³-hybridized carbons (Fsp3) is 0.667. The first-order valence-electron chi connectivity index (χ1n) is 5.98. The van der Waals surface area contributed by atoms with Crippen molar-refractivity contribution in [2.45, 2.75) is 40.2 Å². The normalized spacial score (nSPS) is 10.9. The monoisotopic (exact) mass is 275 g/mol. The molecule has 0 bridgehead atoms. The third-order valence-electron chi connectivity index (χ3n) is 3.33. The van der Waals surface area contributed by atoms with Gasteiger partial charge < -0.3 is 15.6 Å². The number of aryl methyl sites for hydroxylation is 1. The maximum absolute atomic E-state index is 12.1. The Kier molecular flexibility index (Phi) is 6.94. The van der Waals surface area contributed by atoms with Crippen LogP contribution >= 0.6 is 12.4 Å². The van der Waals surface area contributed by atoms with Gasteiger partial charge in [0.15, 0.2) is 5.76 Å². The van der Waals surface area contributed by atoms with E-state index in [4.69, 9.17) is 10.3 Å². The van der Waals surface area contributed by atoms with Crippen LogP contribution in [0.1, 0.15) is 38.1 Å². The molecule has 1 aromatic heterocycles. The molecule has 18 heavy (non-hydrogen) atoms. The van der Waals surface area contributed by atoms with Crippen molar-refractivity contribution in [1.29, 1.82) is 0 Å². The molecule has 0 fully saturated rings. The van der Waals surface area contributed by atoms with Gasteiger partial charge in [-0.05, 0) is 19.8 Å². The molecule has 0 aliphatic heterocycles. The minimum atomic E-state index is -0.463. The lowest BCUT2D eigenvalue weighted by molar-refractivity contribution is -0.131. The lowest BCUT2D eigenvalue weighted by Crippen LogP contribution is -2.44. The van der Waals surface area contributed by atoms with Gasteiger partial charge in [-0.1, -0.05) is 19.0 Å². The van der Waals surface area contributed by atoms with Gasteiger partial charge in [0.05, 0.1) is 17.7 Å². The molecule has 0 radical (unpaired) electrons. The molecule has 0 atom stereocenters. The van der Waals surface area contributed by atoms with E-state index in [0.29, 0.717) is 18.8 Å². The van der Waals surface area contributed by atoms with E-state index in [0.717, 1.165) is 18.5 Å². The average Bonchev–Trinajstić information content (AvgIpc) is 2.75. The Morgan fingerprint density at radius 3 is 2.50 bits per heavy atom. The van der Waals surface area contributed by atoms with Crippen molar-refractivity contribution in [3.8, 4) is 0 Å². The van der Waals surface area contributed by atoms with Crippen LogP contribution in [-0.2, 0) is 11.3 Å². The van der Waals surface area contributed by atoms with Crippen molar-refractivity contribution < 1.29 is 9.32 Å². The minimum absolute atomic E-state index is 0. The fourth-order valence-corrected chi connectivity index (χ4v) is 1.81. The van der Waals surface area contributed by atoms with Crippen LogP contribution in [0.15, 0.2) is 10.6 Å². The predicted octanol–water partition coefficient (Wildman–Crippen LogP) is 1.79. The molecule has 0 aromatic carbocycles. The Hall–Kier alpha value is -1.07. The molecule has 6 heteroatoms. The van der Waals surface area contributed by atoms with E-state index >= 15 is 0 Å². The summed E-state index contributed by atoms with van der Waals surface area (Å²) in [6.07, 6.45) is 1.47. The first-order chi connectivity index (χ1) is 8.07. The molecule has 1 aromatic rings. The Labute approximate surface area is 114 Å². The quantitative estimate of drug-likeness (QED) is 0.829. The van der Waals surface area contributed by atoms with Crippen LogP contribution in [0, 0.1) is 12.3 Å². The largest absolute Gasteiger partial charge is 0.359 e. The molecule has 0 aliphatic carbocycles. The molecular formula is C12H22ClN3O2. The third-order valence-corrected chi connectivity index (χ3v) is 3.33. The number of nitrogens with two attached hydrogens (primary N) is 1. The summed E-state index contributed by atoms with van der Waals surface area (Å²) < 4.78 is 5.03. The number of carbonyl (C=O) groups is 1. The summed E-state index contributed by atoms with van der Waals surface area (Å²) >= 11 is 0. The Balaban J connectivity index is 0.00000289. The number of rotatable bonds is 6. The number of nitrogens with zero attached hydrogens (tertiary/aromatic N) is 1. The molecule has 0 saturated carbocycles. The molecule has 0 aliphatic rings. The molecule has 104 valence electrons. The lowest BCUT2D eigenvalue weighted by Gasteiger charge is -2.28. The number of aromatic nitrogens is 1. The zero-order valence-corrected chi connectivity index (χ0v) is 12.0. The molecule has 0 saturated heterocycles. The summed E-state index contributed by atoms with van der Waals surface area (Å²) in [4.78, 5) is 12.1. The second-order valence-corrected chi connectivity index (χ2v) is 4.31. The highest BCUT2D eigenvalue weighted by Gasteiger charge is 2.33. The molecular weight excluding hydrogens is 254 g/mol. The summed E-state index contributed by atoms with van der Waals surface area (Å²) in [5.41, 5.74) is 6.05. The van der Waals surface area contributed by atoms with Crippen LogP contribution in [0.2, 0.25) is 0 Å². The number of carbonyl (C=O) groups excluding carboxylic acids is 1. The van der Waals surface area contributed by atoms with E-state index in [1.54, 1.807) is 0 Å². The summed E-state index contributed by atoms with van der Waals surface area (Å²) in [6, 6.07) is 1.81. The molecule has 0 spiro atoms. The fourth-order valence-electron chi connectivity index (χ4n) is 1.81. The number of halogens is 1. The highest BCUT2D eigenvalue weighted by Crippen LogP contribution is 2.25. The van der Waals surface area contributed by atoms with Crippen molar-refractivity contribution in [3.63, 3.8) is 0 Å². The summed E-state index contributed by atoms with van der Waals surface area (Å²) in [5, 5.41) is 6.62. The molecule has 1 amide bonds. The van der Waals surface area contributed by atoms with E-state index in [-0.39, 0.29) is 18.3 Å². The van der Waals surface area contributed by atoms with E-state index in [2.05, 4.69) is 10.5 Å². The number of nitrogens with one attached hydrogen (secondary N) is 1. The molecule has 1 heterocycles. The number of hydrogen-bond acceptors (Lipinski definition) is 4. The Morgan fingerprint density at radius 2 is 2.11 bits per heavy atom. The molecule has 1 rings (SSSR count). The molecule has 0 unspecified atom stereocenters. The van der Waals surface area contributed by atoms with Crippen LogP contribution in [0.4, 0.5) is 0 Å². The molecule has 3 N–H and O–H groups in total. The van der Waals surface area contributed by atoms with Crippen LogP contribution < -0.4 is 11.1 Å². The average molecular weight is 276 g/mol. The van der Waals surface area contributed by atoms with Crippen LogP contribution in [0.5, 0.6) is 0 Å². The number of amides is 1. The zero-order valence-electron chi connectivity index (χ0n) is 11.2. The second kappa shape index (κ2) is 7.38. The van der Waals surface area contributed by atoms with E-state index in [1.165, 1.54) is 0 Å². The van der Waals surface area contributed by atoms with Crippen molar-refractivity contribution in [2.24, 2.45) is 11.1 Å². The molecule has 5 nitrogen and oxygen atoms in total. The van der Waals surface area contributed by atoms with E-state index in [1.807, 2.05) is 26.8 Å². The maximum atomic E-state index is 12.1. The minimum Gasteiger partial charge on any atom is -0.359 e. The zero-order chi connectivity index (χ0) is 12.9. The second-order valence-electron chi connectivity index (χ2n) is 4.31. The maximum Gasteiger partial charge on any atom is 0.227 e. The topological polar surface area (TPSA) is 81.2 Å². The van der Waals surface area contributed by atoms with Crippen LogP contribution in [0.25, 0.3) is 0 Å². The standard InChI is InChI=1S/C12H21N3O2.ClH/c1-4-12(5-2,8-13)11(16)14-7-10-6-9(3)15-17-10;/h6H,4-5,7-8,13H2,1-3H3,(H,14,16);1H. The van der Waals surface area contributed by atoms with Gasteiger partial charge in [-0.15, -0.1) is 12.4 Å². The van der Waals surface area contributed by atoms with Crippen LogP contribution in [-0.4, -0.2) is 17.6 Å². The summed E-state index contributed by atoms with van der Waals surface area (Å²) in [6.45, 7) is 6.53. The lowest BCUT2D eigenvalue weighted by atomic mass is 9.81. The SMILES string of the molecule is CCC(CC)(CN)C(=O)NCc1cc(C)no1.Cl. The van der Waals surface area contributed by atoms with Gasteiger partial charge in [0.25, 0.3) is 0 Å². The van der Waals surface area contributed by atoms with Gasteiger partial charge in [0.2, 0.25) is 5.91 Å². The first kappa shape index (κ1) is 16.9. The Morgan fingerprint density at radius 1 is 1.50 bits per heavy atom. The highest BCUT2D eigenvalue weighted by atomic mass is 35.5. The van der Waals surface area contributed by atoms with Crippen molar-refractivity contribution in [1.82, 2.24) is 10.5 Å². The van der Waals surface area contributed by atoms with Gasteiger partial charge in [0.1, 0.15) is 0 Å². The van der Waals surface area contributed by atoms with Crippen molar-refractivity contribution in [2.75, 3.05) is 6.54 Å². The van der Waals surface area contributed by atoms with Gasteiger partial charge in [-0.2, -0.15) is 0 Å². The van der Waals surface area contributed by atoms with Gasteiger partial charge in [0, 0.05) is 12.6 Å². The van der Waals surface area contributed by atoms with Gasteiger partial charge in [-0.3, -0.25) is 4.79 Å². The predicted molar refractivity (Wildman–Crippen MR) is 72.4 cm³/mol. The number of hydrogen-bond donors (Lipinski definition) is 2. The smallest absolute Gasteiger partial charge is 0.227 e. The third kappa shape index (κ3) is 3.71. The Bertz CT molecular complexity index is 367.